The Bertz CT molecular complexity index is 1110. The monoisotopic (exact) mass is 478 g/mol. The SMILES string of the molecule is COc1ccc(NS(=O)(=O)c2ccc(O)c(C(=O)OCC(=O)N3C[C@H](C)O[C@@H](C)C3)c2)cc1. The predicted molar refractivity (Wildman–Crippen MR) is 119 cm³/mol. The minimum atomic E-state index is -4.07. The number of esters is 1. The number of phenolic OH excluding ortho intramolecular Hbond substituents is 1. The van der Waals surface area contributed by atoms with Crippen LogP contribution in [-0.4, -0.2) is 69.3 Å². The molecule has 0 aromatic heterocycles. The zero-order chi connectivity index (χ0) is 24.2. The van der Waals surface area contributed by atoms with Crippen molar-refractivity contribution in [2.45, 2.75) is 31.0 Å². The second-order valence-electron chi connectivity index (χ2n) is 7.65. The quantitative estimate of drug-likeness (QED) is 0.578. The normalized spacial score (nSPS) is 18.5. The highest BCUT2D eigenvalue weighted by Gasteiger charge is 2.27. The molecule has 3 rings (SSSR count). The molecule has 33 heavy (non-hydrogen) atoms. The number of aromatic hydroxyl groups is 1. The number of sulfonamides is 1. The first-order valence-corrected chi connectivity index (χ1v) is 11.7. The Labute approximate surface area is 192 Å². The third-order valence-electron chi connectivity index (χ3n) is 4.94. The predicted octanol–water partition coefficient (Wildman–Crippen LogP) is 1.99. The van der Waals surface area contributed by atoms with Gasteiger partial charge in [0.2, 0.25) is 0 Å². The summed E-state index contributed by atoms with van der Waals surface area (Å²) in [5, 5.41) is 10.1. The number of amides is 1. The number of rotatable bonds is 7. The van der Waals surface area contributed by atoms with Crippen LogP contribution in [-0.2, 0) is 24.3 Å². The summed E-state index contributed by atoms with van der Waals surface area (Å²) in [5.41, 5.74) is -0.0864. The van der Waals surface area contributed by atoms with Gasteiger partial charge in [-0.25, -0.2) is 13.2 Å². The van der Waals surface area contributed by atoms with E-state index in [2.05, 4.69) is 4.72 Å². The van der Waals surface area contributed by atoms with Gasteiger partial charge in [0, 0.05) is 18.8 Å². The van der Waals surface area contributed by atoms with E-state index in [4.69, 9.17) is 14.2 Å². The first-order chi connectivity index (χ1) is 15.6. The Kier molecular flexibility index (Phi) is 7.44. The summed E-state index contributed by atoms with van der Waals surface area (Å²) in [5.74, 6) is -1.33. The summed E-state index contributed by atoms with van der Waals surface area (Å²) in [4.78, 5) is 26.2. The van der Waals surface area contributed by atoms with Crippen molar-refractivity contribution in [1.29, 1.82) is 0 Å². The van der Waals surface area contributed by atoms with Crippen molar-refractivity contribution < 1.29 is 37.3 Å². The second-order valence-corrected chi connectivity index (χ2v) is 9.33. The van der Waals surface area contributed by atoms with Gasteiger partial charge in [-0.15, -0.1) is 0 Å². The highest BCUT2D eigenvalue weighted by Crippen LogP contribution is 2.25. The molecule has 1 aliphatic rings. The van der Waals surface area contributed by atoms with Crippen LogP contribution in [0.5, 0.6) is 11.5 Å². The van der Waals surface area contributed by atoms with Gasteiger partial charge < -0.3 is 24.2 Å². The van der Waals surface area contributed by atoms with Gasteiger partial charge in [0.15, 0.2) is 6.61 Å². The van der Waals surface area contributed by atoms with Gasteiger partial charge in [-0.2, -0.15) is 0 Å². The lowest BCUT2D eigenvalue weighted by molar-refractivity contribution is -0.146. The molecule has 0 saturated carbocycles. The molecule has 2 atom stereocenters. The van der Waals surface area contributed by atoms with Crippen molar-refractivity contribution in [1.82, 2.24) is 4.90 Å². The van der Waals surface area contributed by atoms with Crippen LogP contribution in [0.25, 0.3) is 0 Å². The van der Waals surface area contributed by atoms with Gasteiger partial charge in [0.1, 0.15) is 17.1 Å². The first-order valence-electron chi connectivity index (χ1n) is 10.2. The molecule has 0 spiro atoms. The van der Waals surface area contributed by atoms with Gasteiger partial charge >= 0.3 is 5.97 Å². The lowest BCUT2D eigenvalue weighted by atomic mass is 10.2. The fourth-order valence-corrected chi connectivity index (χ4v) is 4.48. The second kappa shape index (κ2) is 10.1. The molecule has 10 nitrogen and oxygen atoms in total. The van der Waals surface area contributed by atoms with E-state index >= 15 is 0 Å². The zero-order valence-corrected chi connectivity index (χ0v) is 19.3. The smallest absolute Gasteiger partial charge is 0.342 e. The number of hydrogen-bond donors (Lipinski definition) is 2. The van der Waals surface area contributed by atoms with E-state index < -0.39 is 34.3 Å². The molecular weight excluding hydrogens is 452 g/mol. The molecule has 0 aliphatic carbocycles. The lowest BCUT2D eigenvalue weighted by Gasteiger charge is -2.35. The summed E-state index contributed by atoms with van der Waals surface area (Å²) in [7, 11) is -2.57. The fourth-order valence-electron chi connectivity index (χ4n) is 3.40. The molecule has 0 bridgehead atoms. The minimum Gasteiger partial charge on any atom is -0.507 e. The average molecular weight is 479 g/mol. The summed E-state index contributed by atoms with van der Waals surface area (Å²) >= 11 is 0. The molecule has 178 valence electrons. The van der Waals surface area contributed by atoms with Crippen LogP contribution in [0, 0.1) is 0 Å². The van der Waals surface area contributed by atoms with E-state index in [-0.39, 0.29) is 28.4 Å². The highest BCUT2D eigenvalue weighted by molar-refractivity contribution is 7.92. The van der Waals surface area contributed by atoms with Gasteiger partial charge in [-0.3, -0.25) is 9.52 Å². The molecule has 1 fully saturated rings. The summed E-state index contributed by atoms with van der Waals surface area (Å²) in [6.07, 6.45) is -0.282. The number of nitrogens with zero attached hydrogens (tertiary/aromatic N) is 1. The molecule has 1 heterocycles. The van der Waals surface area contributed by atoms with E-state index in [0.29, 0.717) is 18.8 Å². The molecular formula is C22H26N2O8S. The van der Waals surface area contributed by atoms with E-state index in [1.807, 2.05) is 13.8 Å². The number of benzene rings is 2. The topological polar surface area (TPSA) is 131 Å². The molecule has 2 N–H and O–H groups in total. The maximum atomic E-state index is 12.7. The van der Waals surface area contributed by atoms with Crippen LogP contribution in [0.1, 0.15) is 24.2 Å². The molecule has 0 unspecified atom stereocenters. The Balaban J connectivity index is 1.69. The summed E-state index contributed by atoms with van der Waals surface area (Å²) in [6.45, 7) is 3.88. The highest BCUT2D eigenvalue weighted by atomic mass is 32.2. The van der Waals surface area contributed by atoms with Crippen LogP contribution in [0.15, 0.2) is 47.4 Å². The number of carbonyl (C=O) groups excluding carboxylic acids is 2. The molecule has 0 radical (unpaired) electrons. The zero-order valence-electron chi connectivity index (χ0n) is 18.5. The van der Waals surface area contributed by atoms with Crippen LogP contribution in [0.3, 0.4) is 0 Å². The van der Waals surface area contributed by atoms with Gasteiger partial charge in [0.05, 0.1) is 24.2 Å². The number of phenols is 1. The van der Waals surface area contributed by atoms with Crippen molar-refractivity contribution in [2.24, 2.45) is 0 Å². The average Bonchev–Trinajstić information content (AvgIpc) is 2.77. The number of morpholine rings is 1. The third kappa shape index (κ3) is 6.14. The number of ether oxygens (including phenoxy) is 3. The van der Waals surface area contributed by atoms with Crippen LogP contribution in [0.4, 0.5) is 5.69 Å². The number of hydrogen-bond acceptors (Lipinski definition) is 8. The maximum Gasteiger partial charge on any atom is 0.342 e. The summed E-state index contributed by atoms with van der Waals surface area (Å²) in [6, 6.07) is 9.43. The summed E-state index contributed by atoms with van der Waals surface area (Å²) < 4.78 is 43.5. The van der Waals surface area contributed by atoms with E-state index in [1.165, 1.54) is 24.1 Å². The lowest BCUT2D eigenvalue weighted by Crippen LogP contribution is -2.49. The first kappa shape index (κ1) is 24.3. The van der Waals surface area contributed by atoms with Gasteiger partial charge in [-0.05, 0) is 56.3 Å². The van der Waals surface area contributed by atoms with Crippen LogP contribution >= 0.6 is 0 Å². The van der Waals surface area contributed by atoms with Crippen LogP contribution < -0.4 is 9.46 Å². The number of methoxy groups -OCH3 is 1. The van der Waals surface area contributed by atoms with Crippen molar-refractivity contribution in [3.05, 3.63) is 48.0 Å². The third-order valence-corrected chi connectivity index (χ3v) is 6.32. The van der Waals surface area contributed by atoms with Gasteiger partial charge in [-0.1, -0.05) is 0 Å². The molecule has 2 aromatic rings. The number of anilines is 1. The number of carbonyl (C=O) groups is 2. The number of nitrogens with one attached hydrogen (secondary N) is 1. The fraction of sp³-hybridized carbons (Fsp3) is 0.364. The van der Waals surface area contributed by atoms with E-state index in [9.17, 15) is 23.1 Å². The molecule has 2 aromatic carbocycles. The van der Waals surface area contributed by atoms with Crippen molar-refractivity contribution in [3.63, 3.8) is 0 Å². The standard InChI is InChI=1S/C22H26N2O8S/c1-14-11-24(12-15(2)32-14)21(26)13-31-22(27)19-10-18(8-9-20(19)25)33(28,29)23-16-4-6-17(30-3)7-5-16/h4-10,14-15,23,25H,11-13H2,1-3H3/t14-,15-/m0/s1. The largest absolute Gasteiger partial charge is 0.507 e. The Morgan fingerprint density at radius 3 is 2.36 bits per heavy atom. The van der Waals surface area contributed by atoms with Crippen molar-refractivity contribution >= 4 is 27.6 Å². The molecule has 11 heteroatoms. The minimum absolute atomic E-state index is 0.141. The van der Waals surface area contributed by atoms with Crippen LogP contribution in [0.2, 0.25) is 0 Å². The maximum absolute atomic E-state index is 12.7. The molecule has 1 amide bonds. The van der Waals surface area contributed by atoms with Gasteiger partial charge in [0.25, 0.3) is 15.9 Å². The van der Waals surface area contributed by atoms with E-state index in [1.54, 1.807) is 12.1 Å². The molecule has 1 aliphatic heterocycles. The molecule has 1 saturated heterocycles. The van der Waals surface area contributed by atoms with Crippen molar-refractivity contribution in [2.75, 3.05) is 31.5 Å². The Hall–Kier alpha value is -3.31. The Morgan fingerprint density at radius 1 is 1.12 bits per heavy atom. The Morgan fingerprint density at radius 2 is 1.76 bits per heavy atom. The van der Waals surface area contributed by atoms with E-state index in [0.717, 1.165) is 18.2 Å². The van der Waals surface area contributed by atoms with Crippen molar-refractivity contribution in [3.8, 4) is 11.5 Å².